The average molecular weight is 719 g/mol. The standard InChI is InChI=1S/2C19H18FNO5/c1-19(10-15(21-26-19)12-3-6-14(20)7-4-12)11-25-17-9-13(18(22)23)5-8-16(17)24-2;1-19(10-15(21-26-19)12-4-3-5-14(20)8-12)11-25-17-9-13(18(22)23)6-7-16(17)24-2/h2*3-9H,10-11H2,1-2H3,(H,22,23). The monoisotopic (exact) mass is 718 g/mol. The molecule has 12 nitrogen and oxygen atoms in total. The highest BCUT2D eigenvalue weighted by atomic mass is 19.1. The lowest BCUT2D eigenvalue weighted by molar-refractivity contribution is -0.0362. The highest BCUT2D eigenvalue weighted by Crippen LogP contribution is 2.34. The Morgan fingerprint density at radius 3 is 1.58 bits per heavy atom. The minimum Gasteiger partial charge on any atom is -0.493 e. The van der Waals surface area contributed by atoms with Gasteiger partial charge in [0.1, 0.15) is 24.8 Å². The number of carboxylic acid groups (broad SMARTS) is 2. The molecule has 52 heavy (non-hydrogen) atoms. The van der Waals surface area contributed by atoms with Crippen molar-refractivity contribution in [2.45, 2.75) is 37.9 Å². The van der Waals surface area contributed by atoms with E-state index < -0.39 is 23.1 Å². The highest BCUT2D eigenvalue weighted by Gasteiger charge is 2.37. The average Bonchev–Trinajstić information content (AvgIpc) is 3.73. The Kier molecular flexibility index (Phi) is 11.3. The Labute approximate surface area is 297 Å². The first kappa shape index (κ1) is 37.1. The number of methoxy groups -OCH3 is 2. The first-order valence-electron chi connectivity index (χ1n) is 15.9. The summed E-state index contributed by atoms with van der Waals surface area (Å²) in [5, 5.41) is 26.4. The zero-order chi connectivity index (χ0) is 37.5. The molecule has 0 saturated carbocycles. The molecule has 0 amide bonds. The van der Waals surface area contributed by atoms with Gasteiger partial charge in [-0.3, -0.25) is 0 Å². The third-order valence-electron chi connectivity index (χ3n) is 8.06. The van der Waals surface area contributed by atoms with Crippen molar-refractivity contribution < 1.29 is 57.2 Å². The first-order chi connectivity index (χ1) is 24.8. The Balaban J connectivity index is 0.000000201. The molecule has 2 N–H and O–H groups in total. The van der Waals surface area contributed by atoms with E-state index in [4.69, 9.17) is 38.8 Å². The number of nitrogens with zero attached hydrogens (tertiary/aromatic N) is 2. The maximum Gasteiger partial charge on any atom is 0.335 e. The van der Waals surface area contributed by atoms with Crippen LogP contribution in [0.5, 0.6) is 23.0 Å². The van der Waals surface area contributed by atoms with Gasteiger partial charge < -0.3 is 38.8 Å². The number of carbonyl (C=O) groups is 2. The number of aromatic carboxylic acids is 2. The van der Waals surface area contributed by atoms with Crippen molar-refractivity contribution in [1.82, 2.24) is 0 Å². The van der Waals surface area contributed by atoms with Gasteiger partial charge >= 0.3 is 11.9 Å². The van der Waals surface area contributed by atoms with Crippen molar-refractivity contribution >= 4 is 23.4 Å². The molecule has 0 aliphatic carbocycles. The molecule has 2 unspecified atom stereocenters. The molecule has 272 valence electrons. The van der Waals surface area contributed by atoms with Crippen LogP contribution in [0.25, 0.3) is 0 Å². The Morgan fingerprint density at radius 1 is 0.654 bits per heavy atom. The van der Waals surface area contributed by atoms with E-state index in [9.17, 15) is 18.4 Å². The summed E-state index contributed by atoms with van der Waals surface area (Å²) in [6.07, 6.45) is 0.900. The number of hydrogen-bond donors (Lipinski definition) is 2. The molecule has 4 aromatic carbocycles. The van der Waals surface area contributed by atoms with E-state index in [1.54, 1.807) is 24.3 Å². The van der Waals surface area contributed by atoms with Crippen LogP contribution in [0.4, 0.5) is 8.78 Å². The Hall–Kier alpha value is -6.18. The zero-order valence-corrected chi connectivity index (χ0v) is 28.7. The van der Waals surface area contributed by atoms with Gasteiger partial charge in [-0.1, -0.05) is 34.6 Å². The molecular formula is C38H36F2N2O10. The predicted octanol–water partition coefficient (Wildman–Crippen LogP) is 6.99. The van der Waals surface area contributed by atoms with Gasteiger partial charge in [0, 0.05) is 18.4 Å². The van der Waals surface area contributed by atoms with Crippen LogP contribution in [0.3, 0.4) is 0 Å². The lowest BCUT2D eigenvalue weighted by Gasteiger charge is -2.22. The van der Waals surface area contributed by atoms with Crippen LogP contribution in [0.2, 0.25) is 0 Å². The number of rotatable bonds is 12. The van der Waals surface area contributed by atoms with E-state index in [1.165, 1.54) is 74.9 Å². The number of ether oxygens (including phenoxy) is 4. The van der Waals surface area contributed by atoms with Gasteiger partial charge in [-0.15, -0.1) is 0 Å². The van der Waals surface area contributed by atoms with Gasteiger partial charge in [0.25, 0.3) is 0 Å². The summed E-state index contributed by atoms with van der Waals surface area (Å²) >= 11 is 0. The largest absolute Gasteiger partial charge is 0.493 e. The minimum atomic E-state index is -1.06. The first-order valence-corrected chi connectivity index (χ1v) is 15.9. The molecule has 2 heterocycles. The van der Waals surface area contributed by atoms with E-state index >= 15 is 0 Å². The number of oxime groups is 2. The summed E-state index contributed by atoms with van der Waals surface area (Å²) in [6.45, 7) is 3.91. The van der Waals surface area contributed by atoms with Crippen LogP contribution >= 0.6 is 0 Å². The highest BCUT2D eigenvalue weighted by molar-refractivity contribution is 6.02. The molecule has 2 aliphatic rings. The molecular weight excluding hydrogens is 682 g/mol. The molecule has 4 aromatic rings. The van der Waals surface area contributed by atoms with Crippen LogP contribution in [0, 0.1) is 11.6 Å². The van der Waals surface area contributed by atoms with E-state index in [1.807, 2.05) is 13.8 Å². The summed E-state index contributed by atoms with van der Waals surface area (Å²) in [5.41, 5.74) is 1.46. The zero-order valence-electron chi connectivity index (χ0n) is 28.7. The maximum atomic E-state index is 13.4. The molecule has 6 rings (SSSR count). The van der Waals surface area contributed by atoms with Crippen LogP contribution in [0.15, 0.2) is 95.2 Å². The minimum absolute atomic E-state index is 0.0926. The molecule has 0 radical (unpaired) electrons. The maximum absolute atomic E-state index is 13.4. The fourth-order valence-corrected chi connectivity index (χ4v) is 5.25. The molecule has 0 bridgehead atoms. The number of benzene rings is 4. The number of carboxylic acids is 2. The Bertz CT molecular complexity index is 2000. The van der Waals surface area contributed by atoms with Gasteiger partial charge in [0.15, 0.2) is 34.2 Å². The summed E-state index contributed by atoms with van der Waals surface area (Å²) in [6, 6.07) is 20.9. The van der Waals surface area contributed by atoms with Gasteiger partial charge in [-0.2, -0.15) is 0 Å². The molecule has 2 aliphatic heterocycles. The molecule has 0 spiro atoms. The predicted molar refractivity (Wildman–Crippen MR) is 185 cm³/mol. The van der Waals surface area contributed by atoms with E-state index in [-0.39, 0.29) is 36.0 Å². The Morgan fingerprint density at radius 2 is 1.13 bits per heavy atom. The van der Waals surface area contributed by atoms with Crippen molar-refractivity contribution in [3.63, 3.8) is 0 Å². The topological polar surface area (TPSA) is 155 Å². The van der Waals surface area contributed by atoms with Crippen molar-refractivity contribution in [3.05, 3.63) is 119 Å². The van der Waals surface area contributed by atoms with E-state index in [0.717, 1.165) is 5.56 Å². The van der Waals surface area contributed by atoms with Crippen molar-refractivity contribution in [2.24, 2.45) is 10.3 Å². The SMILES string of the molecule is COc1ccc(C(=O)O)cc1OCC1(C)CC(c2ccc(F)cc2)=NO1.COc1ccc(C(=O)O)cc1OCC1(C)CC(c2cccc(F)c2)=NO1. The van der Waals surface area contributed by atoms with Gasteiger partial charge in [-0.05, 0) is 80.1 Å². The lowest BCUT2D eigenvalue weighted by Crippen LogP contribution is -2.33. The van der Waals surface area contributed by atoms with Crippen molar-refractivity contribution in [2.75, 3.05) is 27.4 Å². The van der Waals surface area contributed by atoms with E-state index in [0.29, 0.717) is 52.8 Å². The quantitative estimate of drug-likeness (QED) is 0.157. The van der Waals surface area contributed by atoms with Gasteiger partial charge in [0.2, 0.25) is 0 Å². The van der Waals surface area contributed by atoms with E-state index in [2.05, 4.69) is 10.3 Å². The summed E-state index contributed by atoms with van der Waals surface area (Å²) in [4.78, 5) is 33.3. The van der Waals surface area contributed by atoms with Crippen LogP contribution < -0.4 is 18.9 Å². The summed E-state index contributed by atoms with van der Waals surface area (Å²) in [7, 11) is 2.95. The fourth-order valence-electron chi connectivity index (χ4n) is 5.25. The molecule has 0 aromatic heterocycles. The van der Waals surface area contributed by atoms with Crippen LogP contribution in [0.1, 0.15) is 58.5 Å². The molecule has 0 fully saturated rings. The third kappa shape index (κ3) is 9.13. The second-order valence-corrected chi connectivity index (χ2v) is 12.4. The van der Waals surface area contributed by atoms with Crippen LogP contribution in [-0.2, 0) is 9.68 Å². The van der Waals surface area contributed by atoms with Gasteiger partial charge in [0.05, 0.1) is 36.8 Å². The summed E-state index contributed by atoms with van der Waals surface area (Å²) < 4.78 is 48.4. The van der Waals surface area contributed by atoms with Crippen LogP contribution in [-0.4, -0.2) is 72.2 Å². The smallest absolute Gasteiger partial charge is 0.335 e. The summed E-state index contributed by atoms with van der Waals surface area (Å²) in [5.74, 6) is -1.31. The van der Waals surface area contributed by atoms with Crippen molar-refractivity contribution in [3.8, 4) is 23.0 Å². The molecule has 14 heteroatoms. The van der Waals surface area contributed by atoms with Crippen molar-refractivity contribution in [1.29, 1.82) is 0 Å². The second-order valence-electron chi connectivity index (χ2n) is 12.4. The molecule has 0 saturated heterocycles. The normalized spacial score (nSPS) is 18.8. The number of hydrogen-bond acceptors (Lipinski definition) is 10. The molecule has 2 atom stereocenters. The lowest BCUT2D eigenvalue weighted by atomic mass is 9.96. The van der Waals surface area contributed by atoms with Gasteiger partial charge in [-0.25, -0.2) is 18.4 Å². The fraction of sp³-hybridized carbons (Fsp3) is 0.263. The number of halogens is 2. The second kappa shape index (κ2) is 15.8. The third-order valence-corrected chi connectivity index (χ3v) is 8.06.